The third-order valence-electron chi connectivity index (χ3n) is 3.31. The van der Waals surface area contributed by atoms with Crippen molar-refractivity contribution in [2.24, 2.45) is 0 Å². The average Bonchev–Trinajstić information content (AvgIpc) is 2.49. The summed E-state index contributed by atoms with van der Waals surface area (Å²) < 4.78 is 15.6. The van der Waals surface area contributed by atoms with E-state index in [1.165, 1.54) is 0 Å². The van der Waals surface area contributed by atoms with Gasteiger partial charge in [0.1, 0.15) is 6.10 Å². The molecule has 0 rings (SSSR count). The Morgan fingerprint density at radius 3 is 2.27 bits per heavy atom. The minimum Gasteiger partial charge on any atom is -0.466 e. The van der Waals surface area contributed by atoms with Crippen molar-refractivity contribution < 1.29 is 23.8 Å². The van der Waals surface area contributed by atoms with Crippen LogP contribution in [0.3, 0.4) is 0 Å². The van der Waals surface area contributed by atoms with Crippen molar-refractivity contribution in [2.75, 3.05) is 20.3 Å². The molecule has 0 fully saturated rings. The monoisotopic (exact) mass is 316 g/mol. The molecule has 0 saturated heterocycles. The Hall–Kier alpha value is -1.10. The van der Waals surface area contributed by atoms with Gasteiger partial charge in [-0.25, -0.2) is 0 Å². The maximum atomic E-state index is 11.6. The van der Waals surface area contributed by atoms with Gasteiger partial charge < -0.3 is 14.2 Å². The van der Waals surface area contributed by atoms with E-state index in [1.54, 1.807) is 7.11 Å². The van der Waals surface area contributed by atoms with E-state index in [0.29, 0.717) is 32.5 Å². The summed E-state index contributed by atoms with van der Waals surface area (Å²) in [5, 5.41) is 0. The van der Waals surface area contributed by atoms with Crippen LogP contribution in [0.2, 0.25) is 0 Å². The molecule has 5 nitrogen and oxygen atoms in total. The molecule has 0 heterocycles. The third-order valence-corrected chi connectivity index (χ3v) is 3.31. The SMILES string of the molecule is CCCCOC(=O)CCCC[C@H](CCOC)OC(=O)CCC. The number of rotatable bonds is 14. The lowest BCUT2D eigenvalue weighted by atomic mass is 10.1. The molecule has 0 saturated carbocycles. The van der Waals surface area contributed by atoms with E-state index in [0.717, 1.165) is 38.5 Å². The Bertz CT molecular complexity index is 291. The van der Waals surface area contributed by atoms with Gasteiger partial charge in [0.2, 0.25) is 0 Å². The predicted octanol–water partition coefficient (Wildman–Crippen LogP) is 3.64. The summed E-state index contributed by atoms with van der Waals surface area (Å²) in [7, 11) is 1.64. The lowest BCUT2D eigenvalue weighted by Gasteiger charge is -2.17. The van der Waals surface area contributed by atoms with Gasteiger partial charge in [0.15, 0.2) is 0 Å². The Balaban J connectivity index is 3.86. The van der Waals surface area contributed by atoms with E-state index < -0.39 is 0 Å². The highest BCUT2D eigenvalue weighted by molar-refractivity contribution is 5.69. The molecule has 0 spiro atoms. The molecule has 0 aliphatic carbocycles. The van der Waals surface area contributed by atoms with Crippen molar-refractivity contribution in [2.45, 2.75) is 77.7 Å². The van der Waals surface area contributed by atoms with Gasteiger partial charge >= 0.3 is 11.9 Å². The van der Waals surface area contributed by atoms with Gasteiger partial charge in [-0.2, -0.15) is 0 Å². The molecular weight excluding hydrogens is 284 g/mol. The van der Waals surface area contributed by atoms with Crippen LogP contribution in [0.25, 0.3) is 0 Å². The lowest BCUT2D eigenvalue weighted by Crippen LogP contribution is -2.20. The molecule has 0 radical (unpaired) electrons. The summed E-state index contributed by atoms with van der Waals surface area (Å²) >= 11 is 0. The fourth-order valence-electron chi connectivity index (χ4n) is 2.00. The Labute approximate surface area is 134 Å². The van der Waals surface area contributed by atoms with E-state index in [9.17, 15) is 9.59 Å². The van der Waals surface area contributed by atoms with Crippen LogP contribution in [0, 0.1) is 0 Å². The molecular formula is C17H32O5. The van der Waals surface area contributed by atoms with E-state index >= 15 is 0 Å². The zero-order chi connectivity index (χ0) is 16.6. The first kappa shape index (κ1) is 20.9. The predicted molar refractivity (Wildman–Crippen MR) is 85.6 cm³/mol. The molecule has 0 aromatic rings. The number of hydrogen-bond donors (Lipinski definition) is 0. The van der Waals surface area contributed by atoms with Gasteiger partial charge in [-0.05, 0) is 32.1 Å². The summed E-state index contributed by atoms with van der Waals surface area (Å²) in [6.45, 7) is 5.10. The Morgan fingerprint density at radius 2 is 1.64 bits per heavy atom. The van der Waals surface area contributed by atoms with E-state index in [2.05, 4.69) is 6.92 Å². The number of ether oxygens (including phenoxy) is 3. The van der Waals surface area contributed by atoms with Crippen LogP contribution in [-0.4, -0.2) is 38.4 Å². The smallest absolute Gasteiger partial charge is 0.306 e. The first-order valence-electron chi connectivity index (χ1n) is 8.48. The fraction of sp³-hybridized carbons (Fsp3) is 0.882. The average molecular weight is 316 g/mol. The van der Waals surface area contributed by atoms with Crippen LogP contribution in [-0.2, 0) is 23.8 Å². The minimum absolute atomic E-state index is 0.116. The molecule has 0 amide bonds. The van der Waals surface area contributed by atoms with Crippen molar-refractivity contribution in [3.63, 3.8) is 0 Å². The summed E-state index contributed by atoms with van der Waals surface area (Å²) in [5.41, 5.74) is 0. The summed E-state index contributed by atoms with van der Waals surface area (Å²) in [5.74, 6) is -0.285. The second-order valence-corrected chi connectivity index (χ2v) is 5.46. The highest BCUT2D eigenvalue weighted by Crippen LogP contribution is 2.12. The number of esters is 2. The van der Waals surface area contributed by atoms with Gasteiger partial charge in [0, 0.05) is 33.0 Å². The second-order valence-electron chi connectivity index (χ2n) is 5.46. The summed E-state index contributed by atoms with van der Waals surface area (Å²) in [6.07, 6.45) is 6.58. The number of unbranched alkanes of at least 4 members (excludes halogenated alkanes) is 2. The van der Waals surface area contributed by atoms with Crippen LogP contribution < -0.4 is 0 Å². The minimum atomic E-state index is -0.150. The van der Waals surface area contributed by atoms with Crippen LogP contribution in [0.15, 0.2) is 0 Å². The molecule has 0 unspecified atom stereocenters. The molecule has 0 bridgehead atoms. The first-order chi connectivity index (χ1) is 10.6. The van der Waals surface area contributed by atoms with Crippen LogP contribution in [0.1, 0.15) is 71.6 Å². The lowest BCUT2D eigenvalue weighted by molar-refractivity contribution is -0.150. The Kier molecular flexibility index (Phi) is 14.1. The van der Waals surface area contributed by atoms with Crippen molar-refractivity contribution >= 4 is 11.9 Å². The summed E-state index contributed by atoms with van der Waals surface area (Å²) in [4.78, 5) is 23.0. The topological polar surface area (TPSA) is 61.8 Å². The molecule has 0 N–H and O–H groups in total. The van der Waals surface area contributed by atoms with E-state index in [1.807, 2.05) is 6.92 Å². The first-order valence-corrected chi connectivity index (χ1v) is 8.48. The van der Waals surface area contributed by atoms with Gasteiger partial charge in [-0.1, -0.05) is 20.3 Å². The van der Waals surface area contributed by atoms with Gasteiger partial charge in [-0.15, -0.1) is 0 Å². The molecule has 0 aliphatic rings. The maximum Gasteiger partial charge on any atom is 0.306 e. The molecule has 22 heavy (non-hydrogen) atoms. The molecule has 1 atom stereocenters. The molecule has 0 aromatic carbocycles. The maximum absolute atomic E-state index is 11.6. The summed E-state index contributed by atoms with van der Waals surface area (Å²) in [6, 6.07) is 0. The van der Waals surface area contributed by atoms with Crippen LogP contribution in [0.5, 0.6) is 0 Å². The molecule has 0 aliphatic heterocycles. The highest BCUT2D eigenvalue weighted by Gasteiger charge is 2.14. The van der Waals surface area contributed by atoms with E-state index in [4.69, 9.17) is 14.2 Å². The van der Waals surface area contributed by atoms with E-state index in [-0.39, 0.29) is 18.0 Å². The standard InChI is InChI=1S/C17H32O5/c1-4-6-13-21-16(18)11-8-7-10-15(12-14-20-3)22-17(19)9-5-2/h15H,4-14H2,1-3H3/t15-/m1/s1. The number of hydrogen-bond acceptors (Lipinski definition) is 5. The van der Waals surface area contributed by atoms with Crippen LogP contribution in [0.4, 0.5) is 0 Å². The number of carbonyl (C=O) groups excluding carboxylic acids is 2. The highest BCUT2D eigenvalue weighted by atomic mass is 16.5. The number of methoxy groups -OCH3 is 1. The van der Waals surface area contributed by atoms with Crippen molar-refractivity contribution in [1.82, 2.24) is 0 Å². The molecule has 0 aromatic heterocycles. The quantitative estimate of drug-likeness (QED) is 0.362. The number of carbonyl (C=O) groups is 2. The third kappa shape index (κ3) is 12.6. The Morgan fingerprint density at radius 1 is 0.864 bits per heavy atom. The second kappa shape index (κ2) is 14.8. The van der Waals surface area contributed by atoms with Crippen molar-refractivity contribution in [3.05, 3.63) is 0 Å². The van der Waals surface area contributed by atoms with Crippen molar-refractivity contribution in [1.29, 1.82) is 0 Å². The van der Waals surface area contributed by atoms with Gasteiger partial charge in [0.25, 0.3) is 0 Å². The molecule has 5 heteroatoms. The fourth-order valence-corrected chi connectivity index (χ4v) is 2.00. The molecule has 130 valence electrons. The van der Waals surface area contributed by atoms with Gasteiger partial charge in [-0.3, -0.25) is 9.59 Å². The van der Waals surface area contributed by atoms with Gasteiger partial charge in [0.05, 0.1) is 6.61 Å². The van der Waals surface area contributed by atoms with Crippen LogP contribution >= 0.6 is 0 Å². The zero-order valence-electron chi connectivity index (χ0n) is 14.4. The zero-order valence-corrected chi connectivity index (χ0v) is 14.4. The largest absolute Gasteiger partial charge is 0.466 e. The normalized spacial score (nSPS) is 12.0. The van der Waals surface area contributed by atoms with Crippen molar-refractivity contribution in [3.8, 4) is 0 Å².